The molecule has 21 heavy (non-hydrogen) atoms. The molecule has 1 heterocycles. The number of nitrogens with zero attached hydrogens (tertiary/aromatic N) is 1. The molecule has 0 spiro atoms. The molecule has 0 aromatic heterocycles. The number of halogens is 2. The first-order valence-electron chi connectivity index (χ1n) is 7.97. The highest BCUT2D eigenvalue weighted by molar-refractivity contribution is 6.31. The van der Waals surface area contributed by atoms with Crippen molar-refractivity contribution >= 4 is 11.6 Å². The van der Waals surface area contributed by atoms with Crippen LogP contribution in [0.4, 0.5) is 4.39 Å². The molecule has 1 aliphatic heterocycles. The third-order valence-electron chi connectivity index (χ3n) is 4.22. The average molecular weight is 313 g/mol. The van der Waals surface area contributed by atoms with Gasteiger partial charge < -0.3 is 10.2 Å². The zero-order chi connectivity index (χ0) is 15.2. The van der Waals surface area contributed by atoms with E-state index in [0.29, 0.717) is 10.9 Å². The van der Waals surface area contributed by atoms with Crippen LogP contribution in [-0.4, -0.2) is 31.1 Å². The fraction of sp³-hybridized carbons (Fsp3) is 0.647. The minimum absolute atomic E-state index is 0.141. The van der Waals surface area contributed by atoms with Gasteiger partial charge in [-0.1, -0.05) is 31.0 Å². The van der Waals surface area contributed by atoms with E-state index in [1.807, 2.05) is 0 Å². The molecule has 1 aromatic carbocycles. The predicted molar refractivity (Wildman–Crippen MR) is 87.3 cm³/mol. The first kappa shape index (κ1) is 16.7. The monoisotopic (exact) mass is 312 g/mol. The lowest BCUT2D eigenvalue weighted by atomic mass is 10.1. The van der Waals surface area contributed by atoms with Gasteiger partial charge >= 0.3 is 0 Å². The Labute approximate surface area is 132 Å². The normalized spacial score (nSPS) is 19.4. The van der Waals surface area contributed by atoms with Gasteiger partial charge in [-0.2, -0.15) is 0 Å². The molecule has 0 amide bonds. The molecule has 1 N–H and O–H groups in total. The van der Waals surface area contributed by atoms with Gasteiger partial charge in [-0.3, -0.25) is 0 Å². The molecule has 2 rings (SSSR count). The van der Waals surface area contributed by atoms with E-state index in [2.05, 4.69) is 24.1 Å². The molecule has 1 aromatic rings. The fourth-order valence-electron chi connectivity index (χ4n) is 2.99. The van der Waals surface area contributed by atoms with Gasteiger partial charge in [-0.15, -0.1) is 0 Å². The maximum absolute atomic E-state index is 13.1. The number of hydrogen-bond donors (Lipinski definition) is 1. The van der Waals surface area contributed by atoms with Crippen molar-refractivity contribution in [2.45, 2.75) is 39.2 Å². The lowest BCUT2D eigenvalue weighted by molar-refractivity contribution is 0.197. The number of hydrogen-bond acceptors (Lipinski definition) is 2. The van der Waals surface area contributed by atoms with Gasteiger partial charge in [0.2, 0.25) is 0 Å². The van der Waals surface area contributed by atoms with E-state index in [0.717, 1.165) is 18.7 Å². The molecule has 2 atom stereocenters. The van der Waals surface area contributed by atoms with Gasteiger partial charge in [0.25, 0.3) is 0 Å². The molecule has 0 bridgehead atoms. The minimum Gasteiger partial charge on any atom is -0.310 e. The summed E-state index contributed by atoms with van der Waals surface area (Å²) in [6.45, 7) is 8.93. The highest BCUT2D eigenvalue weighted by Gasteiger charge is 2.15. The van der Waals surface area contributed by atoms with Crippen LogP contribution in [0.5, 0.6) is 0 Å². The molecule has 2 unspecified atom stereocenters. The Morgan fingerprint density at radius 1 is 1.24 bits per heavy atom. The van der Waals surface area contributed by atoms with Crippen molar-refractivity contribution in [2.24, 2.45) is 5.92 Å². The number of likely N-dealkylation sites (tertiary alicyclic amines) is 1. The van der Waals surface area contributed by atoms with E-state index in [9.17, 15) is 4.39 Å². The van der Waals surface area contributed by atoms with E-state index in [1.54, 1.807) is 6.07 Å². The second-order valence-electron chi connectivity index (χ2n) is 6.26. The van der Waals surface area contributed by atoms with E-state index in [1.165, 1.54) is 44.5 Å². The van der Waals surface area contributed by atoms with Crippen molar-refractivity contribution in [2.75, 3.05) is 26.2 Å². The summed E-state index contributed by atoms with van der Waals surface area (Å²) in [7, 11) is 0. The van der Waals surface area contributed by atoms with E-state index < -0.39 is 0 Å². The number of nitrogens with one attached hydrogen (secondary N) is 1. The minimum atomic E-state index is -0.283. The summed E-state index contributed by atoms with van der Waals surface area (Å²) in [5.74, 6) is 0.319. The third kappa shape index (κ3) is 5.24. The van der Waals surface area contributed by atoms with Crippen LogP contribution in [0.25, 0.3) is 0 Å². The summed E-state index contributed by atoms with van der Waals surface area (Å²) in [6.07, 6.45) is 4.05. The summed E-state index contributed by atoms with van der Waals surface area (Å²) >= 11 is 6.11. The summed E-state index contributed by atoms with van der Waals surface area (Å²) in [6, 6.07) is 4.76. The molecular weight excluding hydrogens is 287 g/mol. The molecule has 0 saturated carbocycles. The van der Waals surface area contributed by atoms with Crippen LogP contribution in [0.3, 0.4) is 0 Å². The van der Waals surface area contributed by atoms with E-state index in [-0.39, 0.29) is 11.9 Å². The molecule has 2 nitrogen and oxygen atoms in total. The van der Waals surface area contributed by atoms with Crippen LogP contribution in [0.1, 0.15) is 44.7 Å². The van der Waals surface area contributed by atoms with Crippen molar-refractivity contribution < 1.29 is 4.39 Å². The highest BCUT2D eigenvalue weighted by Crippen LogP contribution is 2.23. The van der Waals surface area contributed by atoms with Gasteiger partial charge in [0.1, 0.15) is 5.82 Å². The molecule has 0 aliphatic carbocycles. The Bertz CT molecular complexity index is 446. The van der Waals surface area contributed by atoms with Crippen molar-refractivity contribution in [1.82, 2.24) is 10.2 Å². The second kappa shape index (κ2) is 8.11. The smallest absolute Gasteiger partial charge is 0.124 e. The summed E-state index contributed by atoms with van der Waals surface area (Å²) in [4.78, 5) is 2.56. The van der Waals surface area contributed by atoms with Crippen molar-refractivity contribution in [3.8, 4) is 0 Å². The van der Waals surface area contributed by atoms with Crippen molar-refractivity contribution in [1.29, 1.82) is 0 Å². The van der Waals surface area contributed by atoms with Crippen LogP contribution in [-0.2, 0) is 0 Å². The van der Waals surface area contributed by atoms with Gasteiger partial charge in [0, 0.05) is 17.6 Å². The van der Waals surface area contributed by atoms with Crippen LogP contribution in [0.2, 0.25) is 5.02 Å². The molecular formula is C17H26ClFN2. The lowest BCUT2D eigenvalue weighted by Gasteiger charge is -2.29. The molecule has 118 valence electrons. The van der Waals surface area contributed by atoms with Crippen LogP contribution in [0, 0.1) is 11.7 Å². The van der Waals surface area contributed by atoms with Crippen molar-refractivity contribution in [3.05, 3.63) is 34.6 Å². The second-order valence-corrected chi connectivity index (χ2v) is 6.67. The highest BCUT2D eigenvalue weighted by atomic mass is 35.5. The average Bonchev–Trinajstić information content (AvgIpc) is 2.46. The van der Waals surface area contributed by atoms with E-state index in [4.69, 9.17) is 11.6 Å². The Morgan fingerprint density at radius 2 is 1.95 bits per heavy atom. The zero-order valence-electron chi connectivity index (χ0n) is 13.0. The molecule has 1 fully saturated rings. The Morgan fingerprint density at radius 3 is 2.62 bits per heavy atom. The summed E-state index contributed by atoms with van der Waals surface area (Å²) < 4.78 is 13.1. The van der Waals surface area contributed by atoms with Gasteiger partial charge in [-0.25, -0.2) is 4.39 Å². The molecule has 1 saturated heterocycles. The lowest BCUT2D eigenvalue weighted by Crippen LogP contribution is -2.37. The third-order valence-corrected chi connectivity index (χ3v) is 4.55. The Kier molecular flexibility index (Phi) is 6.46. The molecule has 1 aliphatic rings. The van der Waals surface area contributed by atoms with Gasteiger partial charge in [0.05, 0.1) is 0 Å². The topological polar surface area (TPSA) is 15.3 Å². The first-order valence-corrected chi connectivity index (χ1v) is 8.34. The fourth-order valence-corrected chi connectivity index (χ4v) is 3.32. The maximum Gasteiger partial charge on any atom is 0.124 e. The first-order chi connectivity index (χ1) is 10.1. The SMILES string of the molecule is CC(CNC(C)c1ccc(F)cc1Cl)CN1CCCCC1. The summed E-state index contributed by atoms with van der Waals surface area (Å²) in [5, 5.41) is 4.01. The molecule has 0 radical (unpaired) electrons. The van der Waals surface area contributed by atoms with Gasteiger partial charge in [-0.05, 0) is 63.0 Å². The Hall–Kier alpha value is -0.640. The predicted octanol–water partition coefficient (Wildman–Crippen LogP) is 4.25. The number of benzene rings is 1. The Balaban J connectivity index is 1.78. The standard InChI is InChI=1S/C17H26ClFN2/c1-13(12-21-8-4-3-5-9-21)11-20-14(2)16-7-6-15(19)10-17(16)18/h6-7,10,13-14,20H,3-5,8-9,11-12H2,1-2H3. The number of rotatable bonds is 6. The maximum atomic E-state index is 13.1. The molecule has 4 heteroatoms. The van der Waals surface area contributed by atoms with Crippen LogP contribution >= 0.6 is 11.6 Å². The van der Waals surface area contributed by atoms with E-state index >= 15 is 0 Å². The quantitative estimate of drug-likeness (QED) is 0.844. The van der Waals surface area contributed by atoms with Crippen molar-refractivity contribution in [3.63, 3.8) is 0 Å². The zero-order valence-corrected chi connectivity index (χ0v) is 13.8. The summed E-state index contributed by atoms with van der Waals surface area (Å²) in [5.41, 5.74) is 0.961. The van der Waals surface area contributed by atoms with Gasteiger partial charge in [0.15, 0.2) is 0 Å². The van der Waals surface area contributed by atoms with Crippen LogP contribution in [0.15, 0.2) is 18.2 Å². The van der Waals surface area contributed by atoms with Crippen LogP contribution < -0.4 is 5.32 Å². The number of piperidine rings is 1. The largest absolute Gasteiger partial charge is 0.310 e.